The first-order valence-electron chi connectivity index (χ1n) is 5.55. The Morgan fingerprint density at radius 3 is 2.40 bits per heavy atom. The van der Waals surface area contributed by atoms with E-state index in [9.17, 15) is 0 Å². The van der Waals surface area contributed by atoms with E-state index in [4.69, 9.17) is 5.73 Å². The summed E-state index contributed by atoms with van der Waals surface area (Å²) < 4.78 is 0. The van der Waals surface area contributed by atoms with Crippen LogP contribution in [0.1, 0.15) is 34.7 Å². The maximum atomic E-state index is 5.62. The third-order valence-electron chi connectivity index (χ3n) is 3.28. The van der Waals surface area contributed by atoms with Crippen molar-refractivity contribution < 1.29 is 0 Å². The van der Waals surface area contributed by atoms with E-state index in [1.54, 1.807) is 0 Å². The summed E-state index contributed by atoms with van der Waals surface area (Å²) >= 11 is 0. The normalized spacial score (nSPS) is 12.9. The van der Waals surface area contributed by atoms with Gasteiger partial charge in [0.25, 0.3) is 0 Å². The number of hydrogen-bond donors (Lipinski definition) is 2. The van der Waals surface area contributed by atoms with Crippen LogP contribution in [0.25, 0.3) is 0 Å². The number of nitrogens with one attached hydrogen (secondary N) is 1. The maximum Gasteiger partial charge on any atom is 0.0332 e. The number of rotatable bonds is 4. The van der Waals surface area contributed by atoms with Crippen LogP contribution in [0, 0.1) is 20.8 Å². The Labute approximate surface area is 92.9 Å². The highest BCUT2D eigenvalue weighted by molar-refractivity contribution is 5.40. The maximum absolute atomic E-state index is 5.62. The summed E-state index contributed by atoms with van der Waals surface area (Å²) in [7, 11) is 1.99. The molecule has 2 nitrogen and oxygen atoms in total. The Hall–Kier alpha value is -0.860. The molecule has 1 unspecified atom stereocenters. The first kappa shape index (κ1) is 12.2. The van der Waals surface area contributed by atoms with Crippen LogP contribution in [0.3, 0.4) is 0 Å². The lowest BCUT2D eigenvalue weighted by molar-refractivity contribution is 0.553. The smallest absolute Gasteiger partial charge is 0.0332 e. The highest BCUT2D eigenvalue weighted by Crippen LogP contribution is 2.24. The van der Waals surface area contributed by atoms with Gasteiger partial charge >= 0.3 is 0 Å². The van der Waals surface area contributed by atoms with Gasteiger partial charge in [-0.25, -0.2) is 0 Å². The molecular formula is C13H22N2. The van der Waals surface area contributed by atoms with Gasteiger partial charge in [0, 0.05) is 6.04 Å². The van der Waals surface area contributed by atoms with Crippen molar-refractivity contribution >= 4 is 0 Å². The number of benzene rings is 1. The highest BCUT2D eigenvalue weighted by atomic mass is 14.9. The lowest BCUT2D eigenvalue weighted by Crippen LogP contribution is -2.21. The van der Waals surface area contributed by atoms with Gasteiger partial charge in [-0.05, 0) is 63.0 Å². The van der Waals surface area contributed by atoms with E-state index in [1.165, 1.54) is 22.3 Å². The van der Waals surface area contributed by atoms with E-state index in [0.29, 0.717) is 6.04 Å². The predicted octanol–water partition coefficient (Wildman–Crippen LogP) is 2.22. The molecule has 0 aliphatic heterocycles. The second-order valence-electron chi connectivity index (χ2n) is 4.14. The molecule has 3 N–H and O–H groups in total. The summed E-state index contributed by atoms with van der Waals surface area (Å²) in [6.45, 7) is 7.25. The third-order valence-corrected chi connectivity index (χ3v) is 3.28. The van der Waals surface area contributed by atoms with E-state index < -0.39 is 0 Å². The van der Waals surface area contributed by atoms with Gasteiger partial charge in [-0.1, -0.05) is 12.1 Å². The Balaban J connectivity index is 3.07. The minimum atomic E-state index is 0.384. The second kappa shape index (κ2) is 5.29. The van der Waals surface area contributed by atoms with Gasteiger partial charge in [0.1, 0.15) is 0 Å². The molecule has 0 amide bonds. The zero-order valence-electron chi connectivity index (χ0n) is 10.2. The zero-order valence-corrected chi connectivity index (χ0v) is 10.2. The van der Waals surface area contributed by atoms with Gasteiger partial charge in [0.15, 0.2) is 0 Å². The number of aryl methyl sites for hydroxylation is 1. The van der Waals surface area contributed by atoms with E-state index >= 15 is 0 Å². The van der Waals surface area contributed by atoms with Crippen molar-refractivity contribution in [3.05, 3.63) is 34.4 Å². The van der Waals surface area contributed by atoms with Crippen molar-refractivity contribution in [3.63, 3.8) is 0 Å². The molecule has 1 aromatic rings. The molecule has 0 aliphatic carbocycles. The molecule has 15 heavy (non-hydrogen) atoms. The molecule has 2 heteroatoms. The van der Waals surface area contributed by atoms with E-state index in [1.807, 2.05) is 7.05 Å². The molecule has 0 fully saturated rings. The van der Waals surface area contributed by atoms with Crippen LogP contribution >= 0.6 is 0 Å². The average molecular weight is 206 g/mol. The van der Waals surface area contributed by atoms with Gasteiger partial charge in [0.05, 0.1) is 0 Å². The Kier molecular flexibility index (Phi) is 4.30. The Morgan fingerprint density at radius 1 is 1.20 bits per heavy atom. The van der Waals surface area contributed by atoms with Gasteiger partial charge in [-0.15, -0.1) is 0 Å². The molecule has 0 aliphatic rings. The van der Waals surface area contributed by atoms with Gasteiger partial charge in [-0.2, -0.15) is 0 Å². The monoisotopic (exact) mass is 206 g/mol. The minimum Gasteiger partial charge on any atom is -0.330 e. The molecule has 0 spiro atoms. The van der Waals surface area contributed by atoms with Gasteiger partial charge in [0.2, 0.25) is 0 Å². The first-order valence-corrected chi connectivity index (χ1v) is 5.55. The summed E-state index contributed by atoms with van der Waals surface area (Å²) in [6.07, 6.45) is 0.986. The van der Waals surface area contributed by atoms with Gasteiger partial charge in [-0.3, -0.25) is 0 Å². The fourth-order valence-corrected chi connectivity index (χ4v) is 1.98. The molecule has 0 radical (unpaired) electrons. The molecule has 0 saturated carbocycles. The van der Waals surface area contributed by atoms with E-state index in [0.717, 1.165) is 13.0 Å². The third kappa shape index (κ3) is 2.58. The second-order valence-corrected chi connectivity index (χ2v) is 4.14. The van der Waals surface area contributed by atoms with Crippen molar-refractivity contribution in [2.45, 2.75) is 33.2 Å². The van der Waals surface area contributed by atoms with Crippen molar-refractivity contribution in [2.24, 2.45) is 5.73 Å². The van der Waals surface area contributed by atoms with Crippen LogP contribution in [-0.2, 0) is 0 Å². The van der Waals surface area contributed by atoms with Crippen molar-refractivity contribution in [2.75, 3.05) is 13.6 Å². The molecule has 1 aromatic carbocycles. The summed E-state index contributed by atoms with van der Waals surface area (Å²) in [5.74, 6) is 0. The molecule has 0 aromatic heterocycles. The zero-order chi connectivity index (χ0) is 11.4. The van der Waals surface area contributed by atoms with Crippen molar-refractivity contribution in [1.82, 2.24) is 5.32 Å². The summed E-state index contributed by atoms with van der Waals surface area (Å²) in [6, 6.07) is 4.79. The van der Waals surface area contributed by atoms with Crippen LogP contribution in [0.5, 0.6) is 0 Å². The Morgan fingerprint density at radius 2 is 1.87 bits per heavy atom. The van der Waals surface area contributed by atoms with Crippen molar-refractivity contribution in [3.8, 4) is 0 Å². The summed E-state index contributed by atoms with van der Waals surface area (Å²) in [4.78, 5) is 0. The molecule has 84 valence electrons. The number of nitrogens with two attached hydrogens (primary N) is 1. The van der Waals surface area contributed by atoms with E-state index in [2.05, 4.69) is 38.2 Å². The lowest BCUT2D eigenvalue weighted by Gasteiger charge is -2.20. The van der Waals surface area contributed by atoms with Crippen LogP contribution in [-0.4, -0.2) is 13.6 Å². The lowest BCUT2D eigenvalue weighted by atomic mass is 9.93. The quantitative estimate of drug-likeness (QED) is 0.792. The fourth-order valence-electron chi connectivity index (χ4n) is 1.98. The van der Waals surface area contributed by atoms with Crippen LogP contribution in [0.15, 0.2) is 12.1 Å². The van der Waals surface area contributed by atoms with Crippen LogP contribution in [0.2, 0.25) is 0 Å². The minimum absolute atomic E-state index is 0.384. The molecule has 1 rings (SSSR count). The van der Waals surface area contributed by atoms with Crippen LogP contribution in [0.4, 0.5) is 0 Å². The Bertz CT molecular complexity index is 332. The topological polar surface area (TPSA) is 38.0 Å². The SMILES string of the molecule is CNC(CCN)c1ccc(C)c(C)c1C. The number of hydrogen-bond acceptors (Lipinski definition) is 2. The average Bonchev–Trinajstić information content (AvgIpc) is 2.24. The molecular weight excluding hydrogens is 184 g/mol. The largest absolute Gasteiger partial charge is 0.330 e. The molecule has 0 heterocycles. The van der Waals surface area contributed by atoms with Crippen LogP contribution < -0.4 is 11.1 Å². The predicted molar refractivity (Wildman–Crippen MR) is 66.1 cm³/mol. The summed E-state index contributed by atoms with van der Waals surface area (Å²) in [5, 5.41) is 3.33. The van der Waals surface area contributed by atoms with Gasteiger partial charge < -0.3 is 11.1 Å². The standard InChI is InChI=1S/C13H22N2/c1-9-5-6-12(11(3)10(9)2)13(15-4)7-8-14/h5-6,13,15H,7-8,14H2,1-4H3. The summed E-state index contributed by atoms with van der Waals surface area (Å²) in [5.41, 5.74) is 11.1. The van der Waals surface area contributed by atoms with Crippen molar-refractivity contribution in [1.29, 1.82) is 0 Å². The molecule has 1 atom stereocenters. The molecule has 0 saturated heterocycles. The first-order chi connectivity index (χ1) is 7.11. The fraction of sp³-hybridized carbons (Fsp3) is 0.538. The van der Waals surface area contributed by atoms with E-state index in [-0.39, 0.29) is 0 Å². The molecule has 0 bridgehead atoms. The highest BCUT2D eigenvalue weighted by Gasteiger charge is 2.12.